The fourth-order valence-corrected chi connectivity index (χ4v) is 2.57. The van der Waals surface area contributed by atoms with Gasteiger partial charge < -0.3 is 14.7 Å². The summed E-state index contributed by atoms with van der Waals surface area (Å²) in [5.41, 5.74) is 0.695. The number of hydrogen-bond donors (Lipinski definition) is 1. The summed E-state index contributed by atoms with van der Waals surface area (Å²) in [6.07, 6.45) is -0.283. The van der Waals surface area contributed by atoms with Crippen LogP contribution in [-0.2, 0) is 4.74 Å². The van der Waals surface area contributed by atoms with Crippen LogP contribution in [0.15, 0.2) is 18.2 Å². The molecule has 1 heterocycles. The molecule has 1 aliphatic rings. The van der Waals surface area contributed by atoms with Crippen molar-refractivity contribution in [3.63, 3.8) is 0 Å². The summed E-state index contributed by atoms with van der Waals surface area (Å²) in [5, 5.41) is 9.85. The molecule has 0 saturated carbocycles. The van der Waals surface area contributed by atoms with E-state index >= 15 is 0 Å². The standard InChI is InChI=1S/C15H21FN2O3/c1-3-21-15(20)18-8-6-17(7-9-18)11(2)13-5-4-12(16)10-14(13)19/h4-5,10-11,19H,3,6-9H2,1-2H3. The minimum atomic E-state index is -0.449. The molecule has 0 spiro atoms. The quantitative estimate of drug-likeness (QED) is 0.930. The first-order chi connectivity index (χ1) is 10.0. The Morgan fingerprint density at radius 3 is 2.62 bits per heavy atom. The van der Waals surface area contributed by atoms with Crippen LogP contribution in [-0.4, -0.2) is 53.8 Å². The summed E-state index contributed by atoms with van der Waals surface area (Å²) in [7, 11) is 0. The molecule has 1 aromatic carbocycles. The van der Waals surface area contributed by atoms with Crippen LogP contribution in [0.2, 0.25) is 0 Å². The highest BCUT2D eigenvalue weighted by molar-refractivity contribution is 5.67. The molecule has 1 fully saturated rings. The molecule has 2 rings (SSSR count). The molecule has 1 aromatic rings. The maximum Gasteiger partial charge on any atom is 0.409 e. The van der Waals surface area contributed by atoms with Crippen molar-refractivity contribution in [3.05, 3.63) is 29.6 Å². The first-order valence-electron chi connectivity index (χ1n) is 7.17. The molecule has 6 heteroatoms. The largest absolute Gasteiger partial charge is 0.508 e. The molecule has 1 saturated heterocycles. The van der Waals surface area contributed by atoms with Gasteiger partial charge in [0, 0.05) is 43.9 Å². The zero-order valence-corrected chi connectivity index (χ0v) is 12.4. The molecule has 0 aliphatic carbocycles. The Morgan fingerprint density at radius 2 is 2.05 bits per heavy atom. The zero-order valence-electron chi connectivity index (χ0n) is 12.4. The highest BCUT2D eigenvalue weighted by atomic mass is 19.1. The summed E-state index contributed by atoms with van der Waals surface area (Å²) in [4.78, 5) is 15.5. The number of halogens is 1. The average molecular weight is 296 g/mol. The number of benzene rings is 1. The minimum Gasteiger partial charge on any atom is -0.508 e. The number of rotatable bonds is 3. The molecule has 21 heavy (non-hydrogen) atoms. The van der Waals surface area contributed by atoms with Gasteiger partial charge in [-0.3, -0.25) is 4.90 Å². The van der Waals surface area contributed by atoms with Gasteiger partial charge in [-0.15, -0.1) is 0 Å². The maximum atomic E-state index is 13.0. The van der Waals surface area contributed by atoms with Gasteiger partial charge in [-0.05, 0) is 19.9 Å². The third-order valence-electron chi connectivity index (χ3n) is 3.83. The topological polar surface area (TPSA) is 53.0 Å². The van der Waals surface area contributed by atoms with Crippen molar-refractivity contribution in [2.45, 2.75) is 19.9 Å². The number of phenols is 1. The third kappa shape index (κ3) is 3.64. The molecular weight excluding hydrogens is 275 g/mol. The molecule has 1 amide bonds. The van der Waals surface area contributed by atoms with Crippen molar-refractivity contribution in [3.8, 4) is 5.75 Å². The zero-order chi connectivity index (χ0) is 15.4. The fourth-order valence-electron chi connectivity index (χ4n) is 2.57. The van der Waals surface area contributed by atoms with E-state index < -0.39 is 5.82 Å². The Kier molecular flexibility index (Phi) is 5.01. The molecule has 116 valence electrons. The lowest BCUT2D eigenvalue weighted by Gasteiger charge is -2.37. The van der Waals surface area contributed by atoms with Gasteiger partial charge in [0.2, 0.25) is 0 Å². The van der Waals surface area contributed by atoms with Crippen LogP contribution < -0.4 is 0 Å². The number of phenolic OH excluding ortho intramolecular Hbond substituents is 1. The van der Waals surface area contributed by atoms with Crippen LogP contribution >= 0.6 is 0 Å². The summed E-state index contributed by atoms with van der Waals surface area (Å²) in [6.45, 7) is 6.68. The van der Waals surface area contributed by atoms with Gasteiger partial charge >= 0.3 is 6.09 Å². The molecule has 0 bridgehead atoms. The Bertz CT molecular complexity index is 502. The Hall–Kier alpha value is -1.82. The normalized spacial score (nSPS) is 17.6. The van der Waals surface area contributed by atoms with Gasteiger partial charge in [0.15, 0.2) is 0 Å². The Labute approximate surface area is 123 Å². The van der Waals surface area contributed by atoms with Crippen LogP contribution in [0.1, 0.15) is 25.5 Å². The number of nitrogens with zero attached hydrogens (tertiary/aromatic N) is 2. The predicted octanol–water partition coefficient (Wildman–Crippen LogP) is 2.37. The van der Waals surface area contributed by atoms with Crippen LogP contribution in [0, 0.1) is 5.82 Å². The number of carbonyl (C=O) groups is 1. The van der Waals surface area contributed by atoms with Crippen molar-refractivity contribution >= 4 is 6.09 Å². The van der Waals surface area contributed by atoms with E-state index in [0.29, 0.717) is 38.3 Å². The monoisotopic (exact) mass is 296 g/mol. The Morgan fingerprint density at radius 1 is 1.38 bits per heavy atom. The lowest BCUT2D eigenvalue weighted by molar-refractivity contribution is 0.0682. The maximum absolute atomic E-state index is 13.0. The van der Waals surface area contributed by atoms with Crippen molar-refractivity contribution in [1.29, 1.82) is 0 Å². The van der Waals surface area contributed by atoms with E-state index in [4.69, 9.17) is 4.74 Å². The van der Waals surface area contributed by atoms with Crippen molar-refractivity contribution in [2.75, 3.05) is 32.8 Å². The number of amides is 1. The van der Waals surface area contributed by atoms with Crippen molar-refractivity contribution < 1.29 is 19.0 Å². The summed E-state index contributed by atoms with van der Waals surface area (Å²) >= 11 is 0. The van der Waals surface area contributed by atoms with Crippen molar-refractivity contribution in [2.24, 2.45) is 0 Å². The van der Waals surface area contributed by atoms with Gasteiger partial charge in [0.05, 0.1) is 6.61 Å². The lowest BCUT2D eigenvalue weighted by Crippen LogP contribution is -2.49. The first kappa shape index (κ1) is 15.6. The van der Waals surface area contributed by atoms with E-state index in [1.54, 1.807) is 17.9 Å². The molecular formula is C15H21FN2O3. The summed E-state index contributed by atoms with van der Waals surface area (Å²) in [5.74, 6) is -0.481. The second kappa shape index (κ2) is 6.76. The van der Waals surface area contributed by atoms with Gasteiger partial charge in [-0.25, -0.2) is 9.18 Å². The molecule has 1 atom stereocenters. The van der Waals surface area contributed by atoms with Crippen LogP contribution in [0.25, 0.3) is 0 Å². The molecule has 1 N–H and O–H groups in total. The van der Waals surface area contributed by atoms with E-state index in [0.717, 1.165) is 6.07 Å². The first-order valence-corrected chi connectivity index (χ1v) is 7.17. The SMILES string of the molecule is CCOC(=O)N1CCN(C(C)c2ccc(F)cc2O)CC1. The molecule has 5 nitrogen and oxygen atoms in total. The number of aromatic hydroxyl groups is 1. The number of ether oxygens (including phenoxy) is 1. The predicted molar refractivity (Wildman–Crippen MR) is 76.6 cm³/mol. The smallest absolute Gasteiger partial charge is 0.409 e. The average Bonchev–Trinajstić information content (AvgIpc) is 2.47. The molecule has 0 radical (unpaired) electrons. The highest BCUT2D eigenvalue weighted by Crippen LogP contribution is 2.29. The van der Waals surface area contributed by atoms with Crippen LogP contribution in [0.3, 0.4) is 0 Å². The fraction of sp³-hybridized carbons (Fsp3) is 0.533. The third-order valence-corrected chi connectivity index (χ3v) is 3.83. The van der Waals surface area contributed by atoms with Gasteiger partial charge in [0.1, 0.15) is 11.6 Å². The van der Waals surface area contributed by atoms with E-state index in [1.807, 2.05) is 6.92 Å². The molecule has 1 aliphatic heterocycles. The summed E-state index contributed by atoms with van der Waals surface area (Å²) < 4.78 is 18.0. The lowest BCUT2D eigenvalue weighted by atomic mass is 10.0. The van der Waals surface area contributed by atoms with E-state index in [1.165, 1.54) is 6.07 Å². The van der Waals surface area contributed by atoms with E-state index in [9.17, 15) is 14.3 Å². The second-order valence-corrected chi connectivity index (χ2v) is 5.10. The second-order valence-electron chi connectivity index (χ2n) is 5.10. The van der Waals surface area contributed by atoms with Crippen molar-refractivity contribution in [1.82, 2.24) is 9.80 Å². The van der Waals surface area contributed by atoms with E-state index in [-0.39, 0.29) is 17.9 Å². The molecule has 0 aromatic heterocycles. The van der Waals surface area contributed by atoms with Gasteiger partial charge in [-0.2, -0.15) is 0 Å². The number of hydrogen-bond acceptors (Lipinski definition) is 4. The number of piperazine rings is 1. The summed E-state index contributed by atoms with van der Waals surface area (Å²) in [6, 6.07) is 4.05. The van der Waals surface area contributed by atoms with Gasteiger partial charge in [0.25, 0.3) is 0 Å². The Balaban J connectivity index is 1.97. The van der Waals surface area contributed by atoms with Crippen LogP contribution in [0.4, 0.5) is 9.18 Å². The number of carbonyl (C=O) groups excluding carboxylic acids is 1. The highest BCUT2D eigenvalue weighted by Gasteiger charge is 2.26. The van der Waals surface area contributed by atoms with Gasteiger partial charge in [-0.1, -0.05) is 6.07 Å². The van der Waals surface area contributed by atoms with E-state index in [2.05, 4.69) is 4.90 Å². The molecule has 1 unspecified atom stereocenters. The van der Waals surface area contributed by atoms with Crippen LogP contribution in [0.5, 0.6) is 5.75 Å². The minimum absolute atomic E-state index is 0.0321.